The summed E-state index contributed by atoms with van der Waals surface area (Å²) in [5.74, 6) is -4.10. The lowest BCUT2D eigenvalue weighted by Gasteiger charge is -2.21. The number of benzene rings is 3. The first kappa shape index (κ1) is 33.9. The normalized spacial score (nSPS) is 16.6. The number of hydrogen-bond donors (Lipinski definition) is 3. The number of allylic oxidation sites excluding steroid dienone is 1. The molecule has 2 amide bonds. The molecule has 1 saturated heterocycles. The van der Waals surface area contributed by atoms with Gasteiger partial charge in [0.25, 0.3) is 11.8 Å². The van der Waals surface area contributed by atoms with Crippen LogP contribution in [0.15, 0.2) is 60.7 Å². The highest BCUT2D eigenvalue weighted by atomic mass is 19.2. The quantitative estimate of drug-likeness (QED) is 0.160. The summed E-state index contributed by atoms with van der Waals surface area (Å²) in [5, 5.41) is 9.13. The SMILES string of the molecule is COCCOCCOCCOc1ccc(F)c(F)c1C(=O)c1ccc(C(=O)N[C@@H]2CNC[C@H]2NC(=O)c2ccc3c(c2)CC=C3)cc1. The first-order chi connectivity index (χ1) is 22.9. The summed E-state index contributed by atoms with van der Waals surface area (Å²) < 4.78 is 50.2. The third-order valence-electron chi connectivity index (χ3n) is 7.87. The number of nitrogens with one attached hydrogen (secondary N) is 3. The van der Waals surface area contributed by atoms with Gasteiger partial charge in [-0.2, -0.15) is 0 Å². The third-order valence-corrected chi connectivity index (χ3v) is 7.87. The van der Waals surface area contributed by atoms with Crippen molar-refractivity contribution < 1.29 is 42.1 Å². The van der Waals surface area contributed by atoms with Crippen LogP contribution in [0.2, 0.25) is 0 Å². The lowest BCUT2D eigenvalue weighted by molar-refractivity contribution is 0.0179. The van der Waals surface area contributed by atoms with Gasteiger partial charge in [-0.05, 0) is 53.9 Å². The summed E-state index contributed by atoms with van der Waals surface area (Å²) in [6.45, 7) is 2.63. The Labute approximate surface area is 271 Å². The van der Waals surface area contributed by atoms with E-state index in [0.29, 0.717) is 45.1 Å². The van der Waals surface area contributed by atoms with Crippen LogP contribution in [0.3, 0.4) is 0 Å². The third kappa shape index (κ3) is 8.66. The van der Waals surface area contributed by atoms with Gasteiger partial charge in [0.15, 0.2) is 17.4 Å². The predicted molar refractivity (Wildman–Crippen MR) is 170 cm³/mol. The van der Waals surface area contributed by atoms with E-state index in [4.69, 9.17) is 18.9 Å². The summed E-state index contributed by atoms with van der Waals surface area (Å²) in [6.07, 6.45) is 4.87. The van der Waals surface area contributed by atoms with Crippen molar-refractivity contribution in [3.05, 3.63) is 106 Å². The van der Waals surface area contributed by atoms with E-state index in [1.54, 1.807) is 13.2 Å². The van der Waals surface area contributed by atoms with Crippen LogP contribution in [-0.2, 0) is 20.6 Å². The Morgan fingerprint density at radius 2 is 1.40 bits per heavy atom. The fourth-order valence-electron chi connectivity index (χ4n) is 5.34. The van der Waals surface area contributed by atoms with Gasteiger partial charge in [0.2, 0.25) is 0 Å². The van der Waals surface area contributed by atoms with E-state index in [2.05, 4.69) is 22.0 Å². The van der Waals surface area contributed by atoms with Gasteiger partial charge >= 0.3 is 0 Å². The van der Waals surface area contributed by atoms with Crippen LogP contribution >= 0.6 is 0 Å². The van der Waals surface area contributed by atoms with Crippen molar-refractivity contribution in [3.63, 3.8) is 0 Å². The number of ketones is 1. The fraction of sp³-hybridized carbons (Fsp3) is 0.343. The maximum Gasteiger partial charge on any atom is 0.251 e. The molecule has 2 aliphatic rings. The minimum absolute atomic E-state index is 0.00913. The average molecular weight is 650 g/mol. The molecule has 47 heavy (non-hydrogen) atoms. The highest BCUT2D eigenvalue weighted by Gasteiger charge is 2.30. The van der Waals surface area contributed by atoms with E-state index in [1.807, 2.05) is 18.2 Å². The van der Waals surface area contributed by atoms with Crippen molar-refractivity contribution >= 4 is 23.7 Å². The first-order valence-corrected chi connectivity index (χ1v) is 15.4. The Morgan fingerprint density at radius 1 is 0.787 bits per heavy atom. The molecule has 1 fully saturated rings. The monoisotopic (exact) mass is 649 g/mol. The van der Waals surface area contributed by atoms with Gasteiger partial charge in [-0.25, -0.2) is 8.78 Å². The first-order valence-electron chi connectivity index (χ1n) is 15.4. The Morgan fingerprint density at radius 3 is 2.11 bits per heavy atom. The molecule has 2 atom stereocenters. The number of amides is 2. The molecule has 10 nitrogen and oxygen atoms in total. The molecule has 12 heteroatoms. The fourth-order valence-corrected chi connectivity index (χ4v) is 5.34. The van der Waals surface area contributed by atoms with Crippen molar-refractivity contribution in [2.24, 2.45) is 0 Å². The Hall–Kier alpha value is -4.49. The number of fused-ring (bicyclic) bond motifs is 1. The molecule has 0 bridgehead atoms. The van der Waals surface area contributed by atoms with Gasteiger partial charge in [0, 0.05) is 36.9 Å². The van der Waals surface area contributed by atoms with E-state index in [1.165, 1.54) is 30.3 Å². The number of halogens is 2. The number of rotatable bonds is 16. The van der Waals surface area contributed by atoms with Gasteiger partial charge in [-0.1, -0.05) is 30.4 Å². The molecule has 0 aromatic heterocycles. The second-order valence-electron chi connectivity index (χ2n) is 11.0. The molecule has 3 aromatic rings. The van der Waals surface area contributed by atoms with E-state index < -0.39 is 28.9 Å². The molecule has 1 aliphatic carbocycles. The summed E-state index contributed by atoms with van der Waals surface area (Å²) in [4.78, 5) is 39.3. The molecule has 1 aliphatic heterocycles. The maximum atomic E-state index is 14.9. The molecule has 0 radical (unpaired) electrons. The second-order valence-corrected chi connectivity index (χ2v) is 11.0. The lowest BCUT2D eigenvalue weighted by atomic mass is 10.00. The Bertz CT molecular complexity index is 1610. The molecular formula is C35H37F2N3O7. The Kier molecular flexibility index (Phi) is 11.8. The zero-order chi connectivity index (χ0) is 33.2. The van der Waals surface area contributed by atoms with Crippen LogP contribution in [-0.4, -0.2) is 89.5 Å². The molecule has 3 aromatic carbocycles. The van der Waals surface area contributed by atoms with E-state index in [0.717, 1.165) is 23.6 Å². The average Bonchev–Trinajstić information content (AvgIpc) is 3.74. The summed E-state index contributed by atoms with van der Waals surface area (Å²) >= 11 is 0. The van der Waals surface area contributed by atoms with Crippen LogP contribution in [0.25, 0.3) is 6.08 Å². The summed E-state index contributed by atoms with van der Waals surface area (Å²) in [7, 11) is 1.58. The zero-order valence-electron chi connectivity index (χ0n) is 26.0. The largest absolute Gasteiger partial charge is 0.490 e. The minimum atomic E-state index is -1.33. The number of carbonyl (C=O) groups is 3. The Balaban J connectivity index is 1.16. The van der Waals surface area contributed by atoms with E-state index in [9.17, 15) is 23.2 Å². The van der Waals surface area contributed by atoms with Crippen molar-refractivity contribution in [1.29, 1.82) is 0 Å². The van der Waals surface area contributed by atoms with Crippen molar-refractivity contribution in [1.82, 2.24) is 16.0 Å². The summed E-state index contributed by atoms with van der Waals surface area (Å²) in [5.41, 5.74) is 2.50. The van der Waals surface area contributed by atoms with Crippen LogP contribution < -0.4 is 20.7 Å². The van der Waals surface area contributed by atoms with Crippen LogP contribution in [0.5, 0.6) is 5.75 Å². The van der Waals surface area contributed by atoms with Crippen molar-refractivity contribution in [3.8, 4) is 5.75 Å². The van der Waals surface area contributed by atoms with Gasteiger partial charge in [-0.15, -0.1) is 0 Å². The van der Waals surface area contributed by atoms with Crippen LogP contribution in [0.1, 0.15) is 47.8 Å². The summed E-state index contributed by atoms with van der Waals surface area (Å²) in [6, 6.07) is 12.5. The molecule has 0 unspecified atom stereocenters. The standard InChI is InChI=1S/C35H37F2N3O7/c1-44-13-14-45-15-16-46-17-18-47-30-12-11-27(36)32(37)31(30)33(41)23-6-8-24(9-7-23)34(42)39-28-20-38-21-29(28)40-35(43)26-10-5-22-3-2-4-25(22)19-26/h2-3,5-12,19,28-29,38H,4,13-18,20-21H2,1H3,(H,39,42)(H,40,43)/t28-,29-/m1/s1. The smallest absolute Gasteiger partial charge is 0.251 e. The minimum Gasteiger partial charge on any atom is -0.490 e. The second kappa shape index (κ2) is 16.4. The molecule has 248 valence electrons. The zero-order valence-corrected chi connectivity index (χ0v) is 26.0. The van der Waals surface area contributed by atoms with Gasteiger partial charge in [0.05, 0.1) is 45.1 Å². The topological polar surface area (TPSA) is 124 Å². The van der Waals surface area contributed by atoms with Gasteiger partial charge < -0.3 is 34.9 Å². The predicted octanol–water partition coefficient (Wildman–Crippen LogP) is 3.32. The lowest BCUT2D eigenvalue weighted by Crippen LogP contribution is -2.51. The van der Waals surface area contributed by atoms with E-state index in [-0.39, 0.29) is 48.1 Å². The van der Waals surface area contributed by atoms with Gasteiger partial charge in [0.1, 0.15) is 17.9 Å². The number of ether oxygens (including phenoxy) is 4. The van der Waals surface area contributed by atoms with Crippen molar-refractivity contribution in [2.75, 3.05) is 59.8 Å². The number of hydrogen-bond acceptors (Lipinski definition) is 8. The molecule has 0 saturated carbocycles. The van der Waals surface area contributed by atoms with Crippen LogP contribution in [0, 0.1) is 11.6 Å². The molecule has 5 rings (SSSR count). The number of methoxy groups -OCH3 is 1. The van der Waals surface area contributed by atoms with E-state index >= 15 is 0 Å². The van der Waals surface area contributed by atoms with Crippen LogP contribution in [0.4, 0.5) is 8.78 Å². The highest BCUT2D eigenvalue weighted by Crippen LogP contribution is 2.27. The molecule has 1 heterocycles. The molecule has 3 N–H and O–H groups in total. The van der Waals surface area contributed by atoms with Gasteiger partial charge in [-0.3, -0.25) is 14.4 Å². The maximum absolute atomic E-state index is 14.9. The highest BCUT2D eigenvalue weighted by molar-refractivity contribution is 6.11. The van der Waals surface area contributed by atoms with Crippen molar-refractivity contribution in [2.45, 2.75) is 18.5 Å². The molecular weight excluding hydrogens is 612 g/mol. The molecule has 0 spiro atoms. The number of carbonyl (C=O) groups excluding carboxylic acids is 3.